The smallest absolute Gasteiger partial charge is 0.410 e. The molecule has 162 valence electrons. The zero-order valence-corrected chi connectivity index (χ0v) is 17.9. The number of amides is 2. The van der Waals surface area contributed by atoms with Crippen LogP contribution in [0.1, 0.15) is 32.8 Å². The number of piperidine rings is 1. The lowest BCUT2D eigenvalue weighted by Gasteiger charge is -2.37. The molecule has 1 N–H and O–H groups in total. The van der Waals surface area contributed by atoms with Gasteiger partial charge in [-0.05, 0) is 32.8 Å². The average Bonchev–Trinajstić information content (AvgIpc) is 2.59. The van der Waals surface area contributed by atoms with E-state index in [1.54, 1.807) is 20.8 Å². The Balaban J connectivity index is 2.01. The van der Waals surface area contributed by atoms with Crippen LogP contribution in [-0.4, -0.2) is 62.6 Å². The van der Waals surface area contributed by atoms with E-state index in [1.165, 1.54) is 4.90 Å². The Hall–Kier alpha value is -2.33. The van der Waals surface area contributed by atoms with Crippen molar-refractivity contribution in [3.8, 4) is 0 Å². The maximum atomic E-state index is 12.4. The van der Waals surface area contributed by atoms with Gasteiger partial charge in [-0.25, -0.2) is 9.59 Å². The van der Waals surface area contributed by atoms with Crippen molar-refractivity contribution in [2.45, 2.75) is 51.5 Å². The largest absolute Gasteiger partial charge is 0.445 e. The van der Waals surface area contributed by atoms with Gasteiger partial charge < -0.3 is 19.7 Å². The number of rotatable bonds is 5. The Labute approximate surface area is 171 Å². The highest BCUT2D eigenvalue weighted by molar-refractivity contribution is 7.86. The molecule has 29 heavy (non-hydrogen) atoms. The molecule has 2 amide bonds. The van der Waals surface area contributed by atoms with Crippen LogP contribution >= 0.6 is 0 Å². The number of alkyl carbamates (subject to hydrolysis) is 1. The molecule has 1 aliphatic rings. The number of nitrogens with one attached hydrogen (secondary N) is 1. The predicted molar refractivity (Wildman–Crippen MR) is 106 cm³/mol. The minimum absolute atomic E-state index is 0.0348. The van der Waals surface area contributed by atoms with Crippen molar-refractivity contribution in [2.75, 3.05) is 19.3 Å². The number of nitrogens with zero attached hydrogens (tertiary/aromatic N) is 1. The summed E-state index contributed by atoms with van der Waals surface area (Å²) in [5, 5.41) is 2.61. The minimum Gasteiger partial charge on any atom is -0.445 e. The molecule has 1 aromatic rings. The minimum atomic E-state index is -3.74. The maximum absolute atomic E-state index is 12.4. The van der Waals surface area contributed by atoms with Crippen LogP contribution in [0, 0.1) is 0 Å². The first-order valence-electron chi connectivity index (χ1n) is 9.26. The maximum Gasteiger partial charge on any atom is 0.410 e. The summed E-state index contributed by atoms with van der Waals surface area (Å²) in [6.45, 7) is 5.53. The molecule has 10 heteroatoms. The third-order valence-electron chi connectivity index (χ3n) is 4.01. The summed E-state index contributed by atoms with van der Waals surface area (Å²) < 4.78 is 38.8. The quantitative estimate of drug-likeness (QED) is 0.716. The van der Waals surface area contributed by atoms with E-state index in [0.29, 0.717) is 0 Å². The van der Waals surface area contributed by atoms with Crippen molar-refractivity contribution in [1.82, 2.24) is 10.2 Å². The summed E-state index contributed by atoms with van der Waals surface area (Å²) in [7, 11) is -3.74. The second-order valence-electron chi connectivity index (χ2n) is 7.87. The lowest BCUT2D eigenvalue weighted by Crippen LogP contribution is -2.58. The van der Waals surface area contributed by atoms with Crippen LogP contribution in [0.2, 0.25) is 0 Å². The number of hydrogen-bond donors (Lipinski definition) is 1. The van der Waals surface area contributed by atoms with E-state index in [-0.39, 0.29) is 26.1 Å². The van der Waals surface area contributed by atoms with Gasteiger partial charge in [0.2, 0.25) is 0 Å². The Morgan fingerprint density at radius 2 is 1.86 bits per heavy atom. The molecular formula is C19H28N2O7S. The van der Waals surface area contributed by atoms with Crippen LogP contribution in [0.5, 0.6) is 0 Å². The third-order valence-corrected chi connectivity index (χ3v) is 4.61. The highest BCUT2D eigenvalue weighted by Gasteiger charge is 2.36. The van der Waals surface area contributed by atoms with Crippen molar-refractivity contribution in [3.05, 3.63) is 35.9 Å². The van der Waals surface area contributed by atoms with E-state index >= 15 is 0 Å². The van der Waals surface area contributed by atoms with Gasteiger partial charge in [0, 0.05) is 13.1 Å². The number of ether oxygens (including phenoxy) is 2. The second kappa shape index (κ2) is 9.45. The first-order valence-corrected chi connectivity index (χ1v) is 11.1. The van der Waals surface area contributed by atoms with Gasteiger partial charge in [-0.15, -0.1) is 0 Å². The molecule has 9 nitrogen and oxygen atoms in total. The van der Waals surface area contributed by atoms with Gasteiger partial charge >= 0.3 is 12.2 Å². The van der Waals surface area contributed by atoms with E-state index in [4.69, 9.17) is 13.7 Å². The molecule has 2 rings (SSSR count). The van der Waals surface area contributed by atoms with Crippen molar-refractivity contribution < 1.29 is 31.7 Å². The van der Waals surface area contributed by atoms with E-state index in [9.17, 15) is 18.0 Å². The zero-order chi connectivity index (χ0) is 21.7. The number of carbonyl (C=O) groups excluding carboxylic acids is 2. The lowest BCUT2D eigenvalue weighted by atomic mass is 10.0. The first kappa shape index (κ1) is 23.0. The van der Waals surface area contributed by atoms with Crippen molar-refractivity contribution in [2.24, 2.45) is 0 Å². The van der Waals surface area contributed by atoms with Crippen LogP contribution in [0.25, 0.3) is 0 Å². The number of carbonyl (C=O) groups is 2. The first-order chi connectivity index (χ1) is 13.4. The van der Waals surface area contributed by atoms with E-state index in [1.807, 2.05) is 30.3 Å². The average molecular weight is 429 g/mol. The van der Waals surface area contributed by atoms with E-state index < -0.39 is 40.1 Å². The highest BCUT2D eigenvalue weighted by Crippen LogP contribution is 2.19. The van der Waals surface area contributed by atoms with Gasteiger partial charge in [0.15, 0.2) is 0 Å². The molecule has 0 radical (unpaired) electrons. The summed E-state index contributed by atoms with van der Waals surface area (Å²) in [6, 6.07) is 8.47. The number of hydrogen-bond acceptors (Lipinski definition) is 7. The van der Waals surface area contributed by atoms with Crippen LogP contribution < -0.4 is 5.32 Å². The van der Waals surface area contributed by atoms with Gasteiger partial charge in [-0.3, -0.25) is 4.18 Å². The monoisotopic (exact) mass is 428 g/mol. The van der Waals surface area contributed by atoms with Crippen molar-refractivity contribution in [1.29, 1.82) is 0 Å². The Morgan fingerprint density at radius 1 is 1.21 bits per heavy atom. The topological polar surface area (TPSA) is 111 Å². The van der Waals surface area contributed by atoms with Gasteiger partial charge in [0.05, 0.1) is 12.3 Å². The van der Waals surface area contributed by atoms with E-state index in [0.717, 1.165) is 11.8 Å². The fourth-order valence-electron chi connectivity index (χ4n) is 2.84. The molecule has 1 aliphatic heterocycles. The Bertz CT molecular complexity index is 806. The third kappa shape index (κ3) is 8.28. The SMILES string of the molecule is CC(C)(C)OC(=O)N[C@H]1CN(C(=O)OCc2ccccc2)CCC1OS(C)(=O)=O. The van der Waals surface area contributed by atoms with Crippen molar-refractivity contribution >= 4 is 22.3 Å². The normalized spacial score (nSPS) is 20.1. The van der Waals surface area contributed by atoms with E-state index in [2.05, 4.69) is 5.32 Å². The summed E-state index contributed by atoms with van der Waals surface area (Å²) in [4.78, 5) is 26.0. The molecule has 1 aromatic carbocycles. The van der Waals surface area contributed by atoms with Crippen LogP contribution in [0.4, 0.5) is 9.59 Å². The molecule has 0 aliphatic carbocycles. The van der Waals surface area contributed by atoms with Crippen LogP contribution in [-0.2, 0) is 30.4 Å². The Kier molecular flexibility index (Phi) is 7.48. The van der Waals surface area contributed by atoms with Crippen LogP contribution in [0.15, 0.2) is 30.3 Å². The van der Waals surface area contributed by atoms with Gasteiger partial charge in [0.25, 0.3) is 10.1 Å². The molecule has 1 fully saturated rings. The molecule has 0 aromatic heterocycles. The predicted octanol–water partition coefficient (Wildman–Crippen LogP) is 2.27. The summed E-state index contributed by atoms with van der Waals surface area (Å²) in [5.74, 6) is 0. The fraction of sp³-hybridized carbons (Fsp3) is 0.579. The highest BCUT2D eigenvalue weighted by atomic mass is 32.2. The van der Waals surface area contributed by atoms with Crippen LogP contribution in [0.3, 0.4) is 0 Å². The van der Waals surface area contributed by atoms with Crippen molar-refractivity contribution in [3.63, 3.8) is 0 Å². The summed E-state index contributed by atoms with van der Waals surface area (Å²) in [5.41, 5.74) is 0.125. The second-order valence-corrected chi connectivity index (χ2v) is 9.47. The molecular weight excluding hydrogens is 400 g/mol. The summed E-state index contributed by atoms with van der Waals surface area (Å²) >= 11 is 0. The number of benzene rings is 1. The van der Waals surface area contributed by atoms with Gasteiger partial charge in [-0.2, -0.15) is 8.42 Å². The molecule has 0 spiro atoms. The number of likely N-dealkylation sites (tertiary alicyclic amines) is 1. The molecule has 0 bridgehead atoms. The Morgan fingerprint density at radius 3 is 2.45 bits per heavy atom. The van der Waals surface area contributed by atoms with Gasteiger partial charge in [0.1, 0.15) is 18.3 Å². The molecule has 2 atom stereocenters. The molecule has 1 heterocycles. The standard InChI is InChI=1S/C19H28N2O7S/c1-19(2,3)27-17(22)20-15-12-21(11-10-16(15)28-29(4,24)25)18(23)26-13-14-8-6-5-7-9-14/h5-9,15-16H,10-13H2,1-4H3,(H,20,22)/t15-,16?/m0/s1. The fourth-order valence-corrected chi connectivity index (χ4v) is 3.52. The molecule has 1 saturated heterocycles. The lowest BCUT2D eigenvalue weighted by molar-refractivity contribution is 0.0263. The summed E-state index contributed by atoms with van der Waals surface area (Å²) in [6.07, 6.45) is -0.922. The van der Waals surface area contributed by atoms with Gasteiger partial charge in [-0.1, -0.05) is 30.3 Å². The molecule has 0 saturated carbocycles. The zero-order valence-electron chi connectivity index (χ0n) is 17.1. The molecule has 1 unspecified atom stereocenters.